The van der Waals surface area contributed by atoms with Crippen molar-refractivity contribution in [1.82, 2.24) is 0 Å². The van der Waals surface area contributed by atoms with Crippen LogP contribution in [0.25, 0.3) is 0 Å². The van der Waals surface area contributed by atoms with Crippen LogP contribution in [0.3, 0.4) is 0 Å². The van der Waals surface area contributed by atoms with Crippen LogP contribution in [-0.2, 0) is 6.42 Å². The highest BCUT2D eigenvalue weighted by molar-refractivity contribution is 5.23. The molecule has 2 rings (SSSR count). The van der Waals surface area contributed by atoms with Gasteiger partial charge in [0.1, 0.15) is 5.82 Å². The third-order valence-electron chi connectivity index (χ3n) is 3.90. The number of hydrogen-bond donors (Lipinski definition) is 0. The zero-order valence-corrected chi connectivity index (χ0v) is 10.3. The Morgan fingerprint density at radius 2 is 1.88 bits per heavy atom. The van der Waals surface area contributed by atoms with Crippen molar-refractivity contribution in [3.63, 3.8) is 0 Å². The predicted molar refractivity (Wildman–Crippen MR) is 66.0 cm³/mol. The Labute approximate surface area is 97.9 Å². The van der Waals surface area contributed by atoms with Crippen LogP contribution in [0.4, 0.5) is 4.39 Å². The number of hydrogen-bond acceptors (Lipinski definition) is 0. The Morgan fingerprint density at radius 3 is 2.50 bits per heavy atom. The van der Waals surface area contributed by atoms with Crippen LogP contribution in [0, 0.1) is 24.6 Å². The standard InChI is InChI=1S/C15H21F/c1-11-3-6-13(7-4-11)9-14-8-5-12(2)15(16)10-14/h5,8,10-11,13H,3-4,6-7,9H2,1-2H3. The maximum atomic E-state index is 13.4. The predicted octanol–water partition coefficient (Wildman–Crippen LogP) is 4.50. The number of halogens is 1. The van der Waals surface area contributed by atoms with Crippen LogP contribution < -0.4 is 0 Å². The van der Waals surface area contributed by atoms with Gasteiger partial charge >= 0.3 is 0 Å². The second kappa shape index (κ2) is 4.99. The first-order valence-corrected chi connectivity index (χ1v) is 6.40. The highest BCUT2D eigenvalue weighted by Gasteiger charge is 2.18. The van der Waals surface area contributed by atoms with Crippen molar-refractivity contribution in [2.75, 3.05) is 0 Å². The molecule has 0 atom stereocenters. The van der Waals surface area contributed by atoms with E-state index in [1.165, 1.54) is 31.2 Å². The summed E-state index contributed by atoms with van der Waals surface area (Å²) >= 11 is 0. The van der Waals surface area contributed by atoms with Crippen LogP contribution in [0.2, 0.25) is 0 Å². The number of rotatable bonds is 2. The molecule has 1 aromatic carbocycles. The summed E-state index contributed by atoms with van der Waals surface area (Å²) in [5.74, 6) is 1.62. The van der Waals surface area contributed by atoms with Crippen molar-refractivity contribution < 1.29 is 4.39 Å². The van der Waals surface area contributed by atoms with Crippen molar-refractivity contribution in [2.24, 2.45) is 11.8 Å². The maximum Gasteiger partial charge on any atom is 0.126 e. The molecule has 16 heavy (non-hydrogen) atoms. The van der Waals surface area contributed by atoms with Gasteiger partial charge in [-0.2, -0.15) is 0 Å². The zero-order valence-electron chi connectivity index (χ0n) is 10.3. The molecule has 0 saturated heterocycles. The molecule has 1 saturated carbocycles. The van der Waals surface area contributed by atoms with Crippen LogP contribution >= 0.6 is 0 Å². The molecule has 1 aromatic rings. The van der Waals surface area contributed by atoms with Gasteiger partial charge in [0, 0.05) is 0 Å². The van der Waals surface area contributed by atoms with E-state index in [0.717, 1.165) is 23.8 Å². The summed E-state index contributed by atoms with van der Waals surface area (Å²) in [4.78, 5) is 0. The average Bonchev–Trinajstić information content (AvgIpc) is 2.27. The molecule has 88 valence electrons. The molecule has 0 bridgehead atoms. The van der Waals surface area contributed by atoms with Gasteiger partial charge in [-0.1, -0.05) is 31.9 Å². The quantitative estimate of drug-likeness (QED) is 0.688. The van der Waals surface area contributed by atoms with E-state index >= 15 is 0 Å². The van der Waals surface area contributed by atoms with Gasteiger partial charge in [0.2, 0.25) is 0 Å². The minimum absolute atomic E-state index is 0.0540. The van der Waals surface area contributed by atoms with Crippen LogP contribution in [0.5, 0.6) is 0 Å². The highest BCUT2D eigenvalue weighted by Crippen LogP contribution is 2.30. The summed E-state index contributed by atoms with van der Waals surface area (Å²) in [6.07, 6.45) is 6.38. The fraction of sp³-hybridized carbons (Fsp3) is 0.600. The second-order valence-corrected chi connectivity index (χ2v) is 5.41. The molecular formula is C15H21F. The fourth-order valence-corrected chi connectivity index (χ4v) is 2.63. The molecule has 1 aliphatic carbocycles. The largest absolute Gasteiger partial charge is 0.207 e. The van der Waals surface area contributed by atoms with E-state index in [0.29, 0.717) is 0 Å². The summed E-state index contributed by atoms with van der Waals surface area (Å²) in [6.45, 7) is 4.16. The highest BCUT2D eigenvalue weighted by atomic mass is 19.1. The van der Waals surface area contributed by atoms with Gasteiger partial charge in [0.25, 0.3) is 0 Å². The molecule has 0 radical (unpaired) electrons. The van der Waals surface area contributed by atoms with Gasteiger partial charge in [-0.05, 0) is 55.2 Å². The second-order valence-electron chi connectivity index (χ2n) is 5.41. The Hall–Kier alpha value is -0.850. The molecule has 1 aliphatic rings. The SMILES string of the molecule is Cc1ccc(CC2CCC(C)CC2)cc1F. The van der Waals surface area contributed by atoms with E-state index in [1.54, 1.807) is 6.07 Å². The molecule has 0 amide bonds. The Bertz CT molecular complexity index is 348. The lowest BCUT2D eigenvalue weighted by Gasteiger charge is -2.26. The Kier molecular flexibility index (Phi) is 3.63. The summed E-state index contributed by atoms with van der Waals surface area (Å²) in [6, 6.07) is 5.69. The van der Waals surface area contributed by atoms with Gasteiger partial charge in [0.15, 0.2) is 0 Å². The average molecular weight is 220 g/mol. The number of benzene rings is 1. The van der Waals surface area contributed by atoms with E-state index in [1.807, 2.05) is 13.0 Å². The van der Waals surface area contributed by atoms with Gasteiger partial charge in [0.05, 0.1) is 0 Å². The topological polar surface area (TPSA) is 0 Å². The monoisotopic (exact) mass is 220 g/mol. The van der Waals surface area contributed by atoms with Gasteiger partial charge in [-0.3, -0.25) is 0 Å². The summed E-state index contributed by atoms with van der Waals surface area (Å²) in [7, 11) is 0. The summed E-state index contributed by atoms with van der Waals surface area (Å²) < 4.78 is 13.4. The first-order chi connectivity index (χ1) is 7.65. The van der Waals surface area contributed by atoms with Crippen molar-refractivity contribution in [2.45, 2.75) is 46.0 Å². The van der Waals surface area contributed by atoms with Crippen LogP contribution in [-0.4, -0.2) is 0 Å². The Balaban J connectivity index is 1.96. The van der Waals surface area contributed by atoms with E-state index in [9.17, 15) is 4.39 Å². The lowest BCUT2D eigenvalue weighted by Crippen LogP contribution is -2.14. The van der Waals surface area contributed by atoms with E-state index in [-0.39, 0.29) is 5.82 Å². The van der Waals surface area contributed by atoms with E-state index < -0.39 is 0 Å². The van der Waals surface area contributed by atoms with E-state index in [4.69, 9.17) is 0 Å². The molecule has 0 nitrogen and oxygen atoms in total. The summed E-state index contributed by atoms with van der Waals surface area (Å²) in [5, 5.41) is 0. The lowest BCUT2D eigenvalue weighted by atomic mass is 9.80. The molecule has 0 heterocycles. The molecule has 1 heteroatoms. The minimum Gasteiger partial charge on any atom is -0.207 e. The van der Waals surface area contributed by atoms with Gasteiger partial charge < -0.3 is 0 Å². The molecule has 0 aromatic heterocycles. The molecule has 0 unspecified atom stereocenters. The Morgan fingerprint density at radius 1 is 1.19 bits per heavy atom. The molecular weight excluding hydrogens is 199 g/mol. The van der Waals surface area contributed by atoms with Crippen molar-refractivity contribution in [1.29, 1.82) is 0 Å². The van der Waals surface area contributed by atoms with Gasteiger partial charge in [-0.15, -0.1) is 0 Å². The van der Waals surface area contributed by atoms with Crippen molar-refractivity contribution in [3.8, 4) is 0 Å². The fourth-order valence-electron chi connectivity index (χ4n) is 2.63. The first kappa shape index (κ1) is 11.6. The van der Waals surface area contributed by atoms with Gasteiger partial charge in [-0.25, -0.2) is 4.39 Å². The summed E-state index contributed by atoms with van der Waals surface area (Å²) in [5.41, 5.74) is 1.92. The zero-order chi connectivity index (χ0) is 11.5. The number of aryl methyl sites for hydroxylation is 1. The molecule has 1 fully saturated rings. The maximum absolute atomic E-state index is 13.4. The molecule has 0 aliphatic heterocycles. The minimum atomic E-state index is -0.0540. The molecule has 0 N–H and O–H groups in total. The normalized spacial score (nSPS) is 25.7. The van der Waals surface area contributed by atoms with Crippen LogP contribution in [0.15, 0.2) is 18.2 Å². The van der Waals surface area contributed by atoms with Crippen molar-refractivity contribution in [3.05, 3.63) is 35.1 Å². The van der Waals surface area contributed by atoms with Crippen LogP contribution in [0.1, 0.15) is 43.7 Å². The van der Waals surface area contributed by atoms with Crippen molar-refractivity contribution >= 4 is 0 Å². The third-order valence-corrected chi connectivity index (χ3v) is 3.90. The smallest absolute Gasteiger partial charge is 0.126 e. The first-order valence-electron chi connectivity index (χ1n) is 6.40. The lowest BCUT2D eigenvalue weighted by molar-refractivity contribution is 0.289. The third kappa shape index (κ3) is 2.84. The molecule has 0 spiro atoms. The van der Waals surface area contributed by atoms with E-state index in [2.05, 4.69) is 13.0 Å².